The number of nitrogens with one attached hydrogen (secondary N) is 3. The Morgan fingerprint density at radius 1 is 0.800 bits per heavy atom. The van der Waals surface area contributed by atoms with Crippen LogP contribution in [0.5, 0.6) is 0 Å². The van der Waals surface area contributed by atoms with Gasteiger partial charge < -0.3 is 16.0 Å². The lowest BCUT2D eigenvalue weighted by Crippen LogP contribution is -2.34. The van der Waals surface area contributed by atoms with Crippen LogP contribution in [0.15, 0.2) is 42.5 Å². The largest absolute Gasteiger partial charge is 0.350 e. The minimum atomic E-state index is -0.289. The van der Waals surface area contributed by atoms with Gasteiger partial charge in [-0.1, -0.05) is 6.07 Å². The number of amides is 3. The fourth-order valence-corrected chi connectivity index (χ4v) is 2.87. The maximum atomic E-state index is 12.4. The standard InChI is InChI=1S/C22H23N5O3/c1-13-14(2)26-20-12-17(7-8-19(20)25-13)22(30)24-10-9-23-21(29)16-5-4-6-18(11-16)27-15(3)28/h4-8,11-12H,9-10H2,1-3H3,(H,23,29)(H,24,30)(H,27,28). The molecule has 3 rings (SSSR count). The summed E-state index contributed by atoms with van der Waals surface area (Å²) in [5, 5.41) is 8.15. The van der Waals surface area contributed by atoms with Gasteiger partial charge in [0.25, 0.3) is 11.8 Å². The molecule has 3 N–H and O–H groups in total. The van der Waals surface area contributed by atoms with E-state index >= 15 is 0 Å². The number of aromatic nitrogens is 2. The average Bonchev–Trinajstić information content (AvgIpc) is 2.71. The van der Waals surface area contributed by atoms with E-state index in [2.05, 4.69) is 25.9 Å². The van der Waals surface area contributed by atoms with E-state index in [1.807, 2.05) is 13.8 Å². The number of hydrogen-bond acceptors (Lipinski definition) is 5. The molecule has 8 heteroatoms. The van der Waals surface area contributed by atoms with E-state index in [9.17, 15) is 14.4 Å². The second kappa shape index (κ2) is 9.13. The van der Waals surface area contributed by atoms with Crippen LogP contribution < -0.4 is 16.0 Å². The third-order valence-electron chi connectivity index (χ3n) is 4.48. The molecule has 0 radical (unpaired) electrons. The fraction of sp³-hybridized carbons (Fsp3) is 0.227. The summed E-state index contributed by atoms with van der Waals surface area (Å²) in [4.78, 5) is 44.7. The van der Waals surface area contributed by atoms with Crippen LogP contribution in [0.3, 0.4) is 0 Å². The van der Waals surface area contributed by atoms with Gasteiger partial charge in [0.2, 0.25) is 5.91 Å². The minimum absolute atomic E-state index is 0.208. The van der Waals surface area contributed by atoms with E-state index in [0.717, 1.165) is 16.9 Å². The number of carbonyl (C=O) groups is 3. The first-order chi connectivity index (χ1) is 14.3. The quantitative estimate of drug-likeness (QED) is 0.545. The predicted molar refractivity (Wildman–Crippen MR) is 114 cm³/mol. The van der Waals surface area contributed by atoms with Gasteiger partial charge in [-0.2, -0.15) is 0 Å². The highest BCUT2D eigenvalue weighted by Crippen LogP contribution is 2.14. The molecule has 3 aromatic rings. The van der Waals surface area contributed by atoms with Crippen molar-refractivity contribution in [2.24, 2.45) is 0 Å². The van der Waals surface area contributed by atoms with Crippen molar-refractivity contribution in [3.05, 3.63) is 65.0 Å². The zero-order chi connectivity index (χ0) is 21.7. The molecule has 0 aliphatic heterocycles. The Balaban J connectivity index is 1.53. The molecule has 0 saturated carbocycles. The van der Waals surface area contributed by atoms with Gasteiger partial charge in [-0.3, -0.25) is 14.4 Å². The first kappa shape index (κ1) is 20.9. The van der Waals surface area contributed by atoms with E-state index in [1.165, 1.54) is 6.92 Å². The van der Waals surface area contributed by atoms with E-state index in [0.29, 0.717) is 22.3 Å². The van der Waals surface area contributed by atoms with Gasteiger partial charge >= 0.3 is 0 Å². The summed E-state index contributed by atoms with van der Waals surface area (Å²) in [7, 11) is 0. The Bertz CT molecular complexity index is 1130. The Morgan fingerprint density at radius 2 is 1.40 bits per heavy atom. The number of nitrogens with zero attached hydrogens (tertiary/aromatic N) is 2. The predicted octanol–water partition coefficient (Wildman–Crippen LogP) is 2.36. The number of benzene rings is 2. The maximum Gasteiger partial charge on any atom is 0.251 e. The van der Waals surface area contributed by atoms with Crippen molar-refractivity contribution in [2.45, 2.75) is 20.8 Å². The molecule has 0 aliphatic rings. The molecule has 0 aliphatic carbocycles. The molecule has 1 heterocycles. The van der Waals surface area contributed by atoms with Gasteiger partial charge in [0.15, 0.2) is 0 Å². The molecule has 0 saturated heterocycles. The lowest BCUT2D eigenvalue weighted by atomic mass is 10.1. The topological polar surface area (TPSA) is 113 Å². The summed E-state index contributed by atoms with van der Waals surface area (Å²) in [6.45, 7) is 5.71. The van der Waals surface area contributed by atoms with Crippen molar-refractivity contribution in [3.8, 4) is 0 Å². The number of anilines is 1. The van der Waals surface area contributed by atoms with Gasteiger partial charge in [0.1, 0.15) is 0 Å². The van der Waals surface area contributed by atoms with Crippen LogP contribution in [0, 0.1) is 13.8 Å². The van der Waals surface area contributed by atoms with E-state index in [4.69, 9.17) is 0 Å². The fourth-order valence-electron chi connectivity index (χ4n) is 2.87. The van der Waals surface area contributed by atoms with Crippen molar-refractivity contribution >= 4 is 34.4 Å². The van der Waals surface area contributed by atoms with Crippen LogP contribution >= 0.6 is 0 Å². The molecule has 3 amide bonds. The van der Waals surface area contributed by atoms with Crippen LogP contribution in [0.2, 0.25) is 0 Å². The molecule has 8 nitrogen and oxygen atoms in total. The lowest BCUT2D eigenvalue weighted by molar-refractivity contribution is -0.114. The highest BCUT2D eigenvalue weighted by atomic mass is 16.2. The average molecular weight is 405 g/mol. The molecule has 0 fully saturated rings. The van der Waals surface area contributed by atoms with Crippen LogP contribution in [0.25, 0.3) is 11.0 Å². The number of hydrogen-bond donors (Lipinski definition) is 3. The first-order valence-electron chi connectivity index (χ1n) is 9.52. The van der Waals surface area contributed by atoms with Crippen LogP contribution in [-0.4, -0.2) is 40.8 Å². The van der Waals surface area contributed by atoms with Crippen molar-refractivity contribution in [3.63, 3.8) is 0 Å². The van der Waals surface area contributed by atoms with Crippen molar-refractivity contribution in [1.82, 2.24) is 20.6 Å². The molecule has 30 heavy (non-hydrogen) atoms. The van der Waals surface area contributed by atoms with Gasteiger partial charge in [0.05, 0.1) is 22.4 Å². The van der Waals surface area contributed by atoms with Crippen LogP contribution in [0.4, 0.5) is 5.69 Å². The SMILES string of the molecule is CC(=O)Nc1cccc(C(=O)NCCNC(=O)c2ccc3nc(C)c(C)nc3c2)c1. The molecule has 1 aromatic heterocycles. The second-order valence-corrected chi connectivity index (χ2v) is 6.87. The maximum absolute atomic E-state index is 12.4. The van der Waals surface area contributed by atoms with E-state index in [1.54, 1.807) is 42.5 Å². The Labute approximate surface area is 174 Å². The molecule has 0 atom stereocenters. The van der Waals surface area contributed by atoms with E-state index in [-0.39, 0.29) is 30.8 Å². The molecule has 2 aromatic carbocycles. The highest BCUT2D eigenvalue weighted by Gasteiger charge is 2.10. The molecular weight excluding hydrogens is 382 g/mol. The third-order valence-corrected chi connectivity index (χ3v) is 4.48. The number of fused-ring (bicyclic) bond motifs is 1. The lowest BCUT2D eigenvalue weighted by Gasteiger charge is -2.09. The molecule has 0 bridgehead atoms. The monoisotopic (exact) mass is 405 g/mol. The molecule has 0 unspecified atom stereocenters. The Morgan fingerprint density at radius 3 is 2.03 bits per heavy atom. The zero-order valence-electron chi connectivity index (χ0n) is 17.1. The molecule has 154 valence electrons. The summed E-state index contributed by atoms with van der Waals surface area (Å²) in [5.74, 6) is -0.748. The normalized spacial score (nSPS) is 10.5. The van der Waals surface area contributed by atoms with Gasteiger partial charge in [-0.05, 0) is 50.2 Å². The number of aryl methyl sites for hydroxylation is 2. The minimum Gasteiger partial charge on any atom is -0.350 e. The second-order valence-electron chi connectivity index (χ2n) is 6.87. The Kier molecular flexibility index (Phi) is 6.36. The number of carbonyl (C=O) groups excluding carboxylic acids is 3. The zero-order valence-corrected chi connectivity index (χ0v) is 17.1. The van der Waals surface area contributed by atoms with Crippen LogP contribution in [-0.2, 0) is 4.79 Å². The van der Waals surface area contributed by atoms with Gasteiger partial charge in [0, 0.05) is 36.8 Å². The summed E-state index contributed by atoms with van der Waals surface area (Å²) in [6.07, 6.45) is 0. The molecule has 0 spiro atoms. The van der Waals surface area contributed by atoms with Gasteiger partial charge in [-0.25, -0.2) is 9.97 Å². The van der Waals surface area contributed by atoms with Crippen molar-refractivity contribution < 1.29 is 14.4 Å². The number of rotatable bonds is 6. The van der Waals surface area contributed by atoms with Gasteiger partial charge in [-0.15, -0.1) is 0 Å². The molecular formula is C22H23N5O3. The third kappa shape index (κ3) is 5.16. The summed E-state index contributed by atoms with van der Waals surface area (Å²) in [5.41, 5.74) is 4.54. The van der Waals surface area contributed by atoms with Crippen molar-refractivity contribution in [2.75, 3.05) is 18.4 Å². The highest BCUT2D eigenvalue weighted by molar-refractivity contribution is 5.98. The summed E-state index contributed by atoms with van der Waals surface area (Å²) in [6, 6.07) is 11.8. The summed E-state index contributed by atoms with van der Waals surface area (Å²) < 4.78 is 0. The smallest absolute Gasteiger partial charge is 0.251 e. The van der Waals surface area contributed by atoms with Crippen molar-refractivity contribution in [1.29, 1.82) is 0 Å². The van der Waals surface area contributed by atoms with Crippen LogP contribution in [0.1, 0.15) is 39.0 Å². The summed E-state index contributed by atoms with van der Waals surface area (Å²) >= 11 is 0. The Hall–Kier alpha value is -3.81. The first-order valence-corrected chi connectivity index (χ1v) is 9.52. The van der Waals surface area contributed by atoms with E-state index < -0.39 is 0 Å².